The summed E-state index contributed by atoms with van der Waals surface area (Å²) < 4.78 is 0.104. The average molecular weight is 524 g/mol. The summed E-state index contributed by atoms with van der Waals surface area (Å²) in [6.07, 6.45) is -0.905. The third-order valence-electron chi connectivity index (χ3n) is 7.86. The van der Waals surface area contributed by atoms with Gasteiger partial charge in [-0.3, -0.25) is 4.90 Å². The SMILES string of the molecule is C[N+]1(Cc2ccc3ccccc3c2)C(Cl)=C(Cl)N(Cc2cc3ccc4cccc5ccc(c2)c3c45)C1O. The molecule has 0 aromatic heterocycles. The molecule has 0 aliphatic carbocycles. The van der Waals surface area contributed by atoms with Gasteiger partial charge in [0.1, 0.15) is 6.54 Å². The van der Waals surface area contributed by atoms with E-state index in [1.807, 2.05) is 19.2 Å². The lowest BCUT2D eigenvalue weighted by atomic mass is 9.93. The van der Waals surface area contributed by atoms with Crippen molar-refractivity contribution in [1.29, 1.82) is 0 Å². The molecular weight excluding hydrogens is 499 g/mol. The van der Waals surface area contributed by atoms with Crippen LogP contribution in [0.1, 0.15) is 11.1 Å². The van der Waals surface area contributed by atoms with Crippen LogP contribution in [-0.2, 0) is 13.1 Å². The summed E-state index contributed by atoms with van der Waals surface area (Å²) >= 11 is 13.6. The molecule has 37 heavy (non-hydrogen) atoms. The summed E-state index contributed by atoms with van der Waals surface area (Å²) in [5.41, 5.74) is 2.17. The smallest absolute Gasteiger partial charge is 0.281 e. The number of aliphatic hydroxyl groups excluding tert-OH is 1. The van der Waals surface area contributed by atoms with Crippen molar-refractivity contribution in [1.82, 2.24) is 4.90 Å². The van der Waals surface area contributed by atoms with Crippen LogP contribution in [0.25, 0.3) is 43.1 Å². The second-order valence-electron chi connectivity index (χ2n) is 10.3. The van der Waals surface area contributed by atoms with Crippen molar-refractivity contribution in [2.75, 3.05) is 7.05 Å². The van der Waals surface area contributed by atoms with Gasteiger partial charge in [-0.1, -0.05) is 90.5 Å². The molecule has 182 valence electrons. The van der Waals surface area contributed by atoms with E-state index in [1.165, 1.54) is 37.7 Å². The van der Waals surface area contributed by atoms with Crippen molar-refractivity contribution < 1.29 is 9.59 Å². The van der Waals surface area contributed by atoms with Crippen LogP contribution in [0.5, 0.6) is 0 Å². The molecule has 1 heterocycles. The monoisotopic (exact) mass is 523 g/mol. The maximum Gasteiger partial charge on any atom is 0.281 e. The molecule has 0 fully saturated rings. The van der Waals surface area contributed by atoms with Gasteiger partial charge in [-0.2, -0.15) is 0 Å². The quantitative estimate of drug-likeness (QED) is 0.143. The highest BCUT2D eigenvalue weighted by molar-refractivity contribution is 6.38. The lowest BCUT2D eigenvalue weighted by Crippen LogP contribution is -2.51. The van der Waals surface area contributed by atoms with Gasteiger partial charge in [-0.15, -0.1) is 0 Å². The van der Waals surface area contributed by atoms with E-state index in [2.05, 4.69) is 84.9 Å². The second-order valence-corrected chi connectivity index (χ2v) is 11.0. The Labute approximate surface area is 225 Å². The van der Waals surface area contributed by atoms with Gasteiger partial charge in [0.05, 0.1) is 13.6 Å². The minimum absolute atomic E-state index is 0.104. The van der Waals surface area contributed by atoms with Gasteiger partial charge in [-0.05, 0) is 78.5 Å². The van der Waals surface area contributed by atoms with Gasteiger partial charge in [0, 0.05) is 5.56 Å². The van der Waals surface area contributed by atoms with Crippen molar-refractivity contribution in [2.45, 2.75) is 19.4 Å². The van der Waals surface area contributed by atoms with Gasteiger partial charge in [-0.25, -0.2) is 4.48 Å². The number of nitrogens with zero attached hydrogens (tertiary/aromatic N) is 2. The van der Waals surface area contributed by atoms with E-state index >= 15 is 0 Å². The van der Waals surface area contributed by atoms with Crippen LogP contribution in [0.3, 0.4) is 0 Å². The summed E-state index contributed by atoms with van der Waals surface area (Å²) in [6, 6.07) is 34.2. The van der Waals surface area contributed by atoms with Gasteiger partial charge < -0.3 is 5.11 Å². The molecule has 0 saturated carbocycles. The fourth-order valence-corrected chi connectivity index (χ4v) is 6.56. The highest BCUT2D eigenvalue weighted by atomic mass is 35.5. The first kappa shape index (κ1) is 22.8. The third-order valence-corrected chi connectivity index (χ3v) is 8.92. The van der Waals surface area contributed by atoms with Crippen LogP contribution in [0.4, 0.5) is 0 Å². The summed E-state index contributed by atoms with van der Waals surface area (Å²) in [5, 5.41) is 22.2. The Morgan fingerprint density at radius 3 is 1.92 bits per heavy atom. The number of hydrogen-bond acceptors (Lipinski definition) is 2. The minimum Gasteiger partial charge on any atom is -0.327 e. The number of fused-ring (bicyclic) bond motifs is 1. The predicted octanol–water partition coefficient (Wildman–Crippen LogP) is 8.08. The summed E-state index contributed by atoms with van der Waals surface area (Å²) in [5.74, 6) is 0. The van der Waals surface area contributed by atoms with E-state index in [0.29, 0.717) is 23.4 Å². The van der Waals surface area contributed by atoms with Crippen molar-refractivity contribution in [2.24, 2.45) is 0 Å². The first-order chi connectivity index (χ1) is 17.9. The summed E-state index contributed by atoms with van der Waals surface area (Å²) in [4.78, 5) is 1.80. The molecule has 6 aromatic carbocycles. The number of benzene rings is 6. The van der Waals surface area contributed by atoms with Crippen LogP contribution in [-0.4, -0.2) is 27.9 Å². The molecule has 0 radical (unpaired) electrons. The Morgan fingerprint density at radius 2 is 1.22 bits per heavy atom. The highest BCUT2D eigenvalue weighted by Gasteiger charge is 2.49. The first-order valence-corrected chi connectivity index (χ1v) is 13.2. The van der Waals surface area contributed by atoms with Crippen molar-refractivity contribution >= 4 is 66.3 Å². The summed E-state index contributed by atoms with van der Waals surface area (Å²) in [6.45, 7) is 0.982. The normalized spacial score (nSPS) is 20.3. The molecule has 0 bridgehead atoms. The number of hydrogen-bond donors (Lipinski definition) is 1. The molecule has 6 aromatic rings. The Bertz CT molecular complexity index is 1800. The molecule has 5 heteroatoms. The van der Waals surface area contributed by atoms with Gasteiger partial charge in [0.2, 0.25) is 5.16 Å². The molecule has 7 rings (SSSR count). The lowest BCUT2D eigenvalue weighted by Gasteiger charge is -2.35. The lowest BCUT2D eigenvalue weighted by molar-refractivity contribution is -0.930. The van der Waals surface area contributed by atoms with E-state index < -0.39 is 6.35 Å². The zero-order valence-electron chi connectivity index (χ0n) is 20.3. The van der Waals surface area contributed by atoms with Gasteiger partial charge >= 0.3 is 0 Å². The van der Waals surface area contributed by atoms with E-state index in [1.54, 1.807) is 4.90 Å². The zero-order chi connectivity index (χ0) is 25.3. The van der Waals surface area contributed by atoms with Gasteiger partial charge in [0.25, 0.3) is 6.35 Å². The Morgan fingerprint density at radius 1 is 0.676 bits per heavy atom. The van der Waals surface area contributed by atoms with Crippen LogP contribution < -0.4 is 0 Å². The largest absolute Gasteiger partial charge is 0.327 e. The van der Waals surface area contributed by atoms with Gasteiger partial charge in [0.15, 0.2) is 5.16 Å². The predicted molar refractivity (Wildman–Crippen MR) is 154 cm³/mol. The molecule has 1 aliphatic heterocycles. The van der Waals surface area contributed by atoms with E-state index in [0.717, 1.165) is 16.5 Å². The molecule has 0 saturated heterocycles. The van der Waals surface area contributed by atoms with Crippen molar-refractivity contribution in [3.05, 3.63) is 119 Å². The van der Waals surface area contributed by atoms with E-state index in [-0.39, 0.29) is 4.48 Å². The minimum atomic E-state index is -0.905. The molecule has 0 spiro atoms. The van der Waals surface area contributed by atoms with Crippen LogP contribution >= 0.6 is 23.2 Å². The third kappa shape index (κ3) is 3.50. The fraction of sp³-hybridized carbons (Fsp3) is 0.125. The molecule has 1 aliphatic rings. The molecule has 1 N–H and O–H groups in total. The van der Waals surface area contributed by atoms with E-state index in [9.17, 15) is 5.11 Å². The maximum absolute atomic E-state index is 11.5. The van der Waals surface area contributed by atoms with Crippen LogP contribution in [0, 0.1) is 0 Å². The molecule has 3 nitrogen and oxygen atoms in total. The standard InChI is InChI=1S/C32H25Cl2N2O/c1-36(19-20-9-10-22-5-2-3-6-25(22)15-20)31(34)30(33)35(32(36)37)18-21-16-26-13-11-23-7-4-8-24-12-14-27(17-21)29(26)28(23)24/h2-17,32,37H,18-19H2,1H3/q+1. The molecule has 2 unspecified atom stereocenters. The Hall–Kier alpha value is -3.34. The average Bonchev–Trinajstić information content (AvgIpc) is 3.07. The van der Waals surface area contributed by atoms with Crippen LogP contribution in [0.2, 0.25) is 0 Å². The highest BCUT2D eigenvalue weighted by Crippen LogP contribution is 2.42. The Balaban J connectivity index is 1.23. The van der Waals surface area contributed by atoms with Crippen molar-refractivity contribution in [3.63, 3.8) is 0 Å². The number of halogens is 2. The maximum atomic E-state index is 11.5. The molecule has 2 atom stereocenters. The van der Waals surface area contributed by atoms with E-state index in [4.69, 9.17) is 23.2 Å². The first-order valence-electron chi connectivity index (χ1n) is 12.4. The topological polar surface area (TPSA) is 23.5 Å². The zero-order valence-corrected chi connectivity index (χ0v) is 21.8. The second kappa shape index (κ2) is 8.34. The number of rotatable bonds is 4. The number of aliphatic hydroxyl groups is 1. The fourth-order valence-electron chi connectivity index (χ4n) is 5.96. The molecule has 0 amide bonds. The van der Waals surface area contributed by atoms with Crippen molar-refractivity contribution in [3.8, 4) is 0 Å². The Kier molecular flexibility index (Phi) is 5.14. The molecular formula is C32H25Cl2N2O+. The summed E-state index contributed by atoms with van der Waals surface area (Å²) in [7, 11) is 1.94. The number of quaternary nitrogens is 1. The van der Waals surface area contributed by atoms with Crippen LogP contribution in [0.15, 0.2) is 107 Å².